The van der Waals surface area contributed by atoms with E-state index in [0.29, 0.717) is 18.9 Å². The summed E-state index contributed by atoms with van der Waals surface area (Å²) in [5, 5.41) is 3.15. The molecule has 2 aliphatic heterocycles. The third-order valence-corrected chi connectivity index (χ3v) is 4.14. The summed E-state index contributed by atoms with van der Waals surface area (Å²) < 4.78 is 0. The molecule has 0 unspecified atom stereocenters. The number of hydrogen-bond donors (Lipinski definition) is 1. The minimum Gasteiger partial charge on any atom is -0.342 e. The van der Waals surface area contributed by atoms with Crippen molar-refractivity contribution in [1.82, 2.24) is 15.1 Å². The Balaban J connectivity index is 2.03. The Hall–Kier alpha value is -1.10. The van der Waals surface area contributed by atoms with Crippen LogP contribution in [0, 0.1) is 5.92 Å². The van der Waals surface area contributed by atoms with Gasteiger partial charge in [-0.3, -0.25) is 14.5 Å². The summed E-state index contributed by atoms with van der Waals surface area (Å²) in [4.78, 5) is 27.7. The molecule has 1 spiro atoms. The minimum atomic E-state index is -0.203. The first-order valence-corrected chi connectivity index (χ1v) is 7.30. The molecule has 2 rings (SSSR count). The van der Waals surface area contributed by atoms with Crippen molar-refractivity contribution in [1.29, 1.82) is 0 Å². The lowest BCUT2D eigenvalue weighted by Gasteiger charge is -2.44. The van der Waals surface area contributed by atoms with Crippen molar-refractivity contribution in [2.24, 2.45) is 5.92 Å². The Kier molecular flexibility index (Phi) is 4.13. The Labute approximate surface area is 115 Å². The molecule has 0 aromatic rings. The largest absolute Gasteiger partial charge is 0.342 e. The number of piperidine rings is 1. The maximum Gasteiger partial charge on any atom is 0.235 e. The third-order valence-electron chi connectivity index (χ3n) is 4.14. The Morgan fingerprint density at radius 2 is 2.00 bits per heavy atom. The summed E-state index contributed by atoms with van der Waals surface area (Å²) in [6.45, 7) is 9.18. The van der Waals surface area contributed by atoms with Gasteiger partial charge in [-0.05, 0) is 5.92 Å². The molecule has 0 atom stereocenters. The zero-order valence-corrected chi connectivity index (χ0v) is 12.2. The minimum absolute atomic E-state index is 0.121. The SMILES string of the molecule is CCC(=O)N1CCC2(CC1)NC(=O)CN2CC(C)C. The van der Waals surface area contributed by atoms with Gasteiger partial charge in [-0.1, -0.05) is 20.8 Å². The zero-order valence-electron chi connectivity index (χ0n) is 12.2. The number of nitrogens with zero attached hydrogens (tertiary/aromatic N) is 2. The van der Waals surface area contributed by atoms with Crippen molar-refractivity contribution in [2.75, 3.05) is 26.2 Å². The summed E-state index contributed by atoms with van der Waals surface area (Å²) in [5.74, 6) is 0.880. The van der Waals surface area contributed by atoms with E-state index < -0.39 is 0 Å². The van der Waals surface area contributed by atoms with Gasteiger partial charge >= 0.3 is 0 Å². The van der Waals surface area contributed by atoms with Crippen LogP contribution in [-0.2, 0) is 9.59 Å². The van der Waals surface area contributed by atoms with Crippen LogP contribution in [0.5, 0.6) is 0 Å². The van der Waals surface area contributed by atoms with E-state index >= 15 is 0 Å². The van der Waals surface area contributed by atoms with E-state index in [1.54, 1.807) is 0 Å². The van der Waals surface area contributed by atoms with E-state index in [9.17, 15) is 9.59 Å². The van der Waals surface area contributed by atoms with E-state index in [1.165, 1.54) is 0 Å². The first-order chi connectivity index (χ1) is 8.97. The highest BCUT2D eigenvalue weighted by atomic mass is 16.2. The van der Waals surface area contributed by atoms with Crippen LogP contribution in [0.15, 0.2) is 0 Å². The predicted octanol–water partition coefficient (Wildman–Crippen LogP) is 0.803. The molecule has 2 aliphatic rings. The first kappa shape index (κ1) is 14.3. The number of amides is 2. The smallest absolute Gasteiger partial charge is 0.235 e. The number of likely N-dealkylation sites (tertiary alicyclic amines) is 1. The molecule has 0 aromatic heterocycles. The lowest BCUT2D eigenvalue weighted by Crippen LogP contribution is -2.59. The highest BCUT2D eigenvalue weighted by molar-refractivity contribution is 5.81. The number of rotatable bonds is 3. The molecule has 2 saturated heterocycles. The maximum absolute atomic E-state index is 11.7. The molecule has 2 amide bonds. The molecule has 0 aliphatic carbocycles. The Morgan fingerprint density at radius 3 is 2.53 bits per heavy atom. The fourth-order valence-electron chi connectivity index (χ4n) is 3.17. The van der Waals surface area contributed by atoms with Crippen molar-refractivity contribution >= 4 is 11.8 Å². The number of carbonyl (C=O) groups is 2. The third kappa shape index (κ3) is 2.91. The standard InChI is InChI=1S/C14H25N3O2/c1-4-13(19)16-7-5-14(6-8-16)15-12(18)10-17(14)9-11(2)3/h11H,4-10H2,1-3H3,(H,15,18). The van der Waals surface area contributed by atoms with Crippen LogP contribution >= 0.6 is 0 Å². The lowest BCUT2D eigenvalue weighted by atomic mass is 9.95. The molecule has 1 N–H and O–H groups in total. The summed E-state index contributed by atoms with van der Waals surface area (Å²) in [7, 11) is 0. The number of hydrogen-bond acceptors (Lipinski definition) is 3. The van der Waals surface area contributed by atoms with Crippen molar-refractivity contribution in [3.05, 3.63) is 0 Å². The molecule has 2 fully saturated rings. The van der Waals surface area contributed by atoms with Gasteiger partial charge in [-0.15, -0.1) is 0 Å². The summed E-state index contributed by atoms with van der Waals surface area (Å²) in [6, 6.07) is 0. The van der Waals surface area contributed by atoms with Crippen molar-refractivity contribution < 1.29 is 9.59 Å². The summed E-state index contributed by atoms with van der Waals surface area (Å²) in [6.07, 6.45) is 2.25. The first-order valence-electron chi connectivity index (χ1n) is 7.30. The molecule has 0 saturated carbocycles. The van der Waals surface area contributed by atoms with E-state index in [-0.39, 0.29) is 17.5 Å². The second kappa shape index (κ2) is 5.49. The van der Waals surface area contributed by atoms with Crippen LogP contribution < -0.4 is 5.32 Å². The maximum atomic E-state index is 11.7. The Bertz CT molecular complexity index is 360. The van der Waals surface area contributed by atoms with Gasteiger partial charge < -0.3 is 10.2 Å². The van der Waals surface area contributed by atoms with Gasteiger partial charge in [-0.25, -0.2) is 0 Å². The fraction of sp³-hybridized carbons (Fsp3) is 0.857. The topological polar surface area (TPSA) is 52.7 Å². The quantitative estimate of drug-likeness (QED) is 0.823. The van der Waals surface area contributed by atoms with Crippen LogP contribution in [0.1, 0.15) is 40.0 Å². The number of nitrogens with one attached hydrogen (secondary N) is 1. The van der Waals surface area contributed by atoms with Gasteiger partial charge in [0.25, 0.3) is 0 Å². The van der Waals surface area contributed by atoms with E-state index in [1.807, 2.05) is 11.8 Å². The van der Waals surface area contributed by atoms with Crippen LogP contribution in [0.2, 0.25) is 0 Å². The molecule has 19 heavy (non-hydrogen) atoms. The lowest BCUT2D eigenvalue weighted by molar-refractivity contribution is -0.133. The highest BCUT2D eigenvalue weighted by Gasteiger charge is 2.46. The van der Waals surface area contributed by atoms with Gasteiger partial charge in [0.05, 0.1) is 12.2 Å². The van der Waals surface area contributed by atoms with Crippen LogP contribution in [0.25, 0.3) is 0 Å². The molecule has 0 aromatic carbocycles. The second-order valence-corrected chi connectivity index (χ2v) is 6.09. The molecule has 0 bridgehead atoms. The molecule has 5 heteroatoms. The van der Waals surface area contributed by atoms with E-state index in [2.05, 4.69) is 24.1 Å². The van der Waals surface area contributed by atoms with Crippen LogP contribution in [0.4, 0.5) is 0 Å². The molecular weight excluding hydrogens is 242 g/mol. The second-order valence-electron chi connectivity index (χ2n) is 6.09. The van der Waals surface area contributed by atoms with Crippen molar-refractivity contribution in [2.45, 2.75) is 45.7 Å². The Morgan fingerprint density at radius 1 is 1.37 bits per heavy atom. The zero-order chi connectivity index (χ0) is 14.0. The van der Waals surface area contributed by atoms with E-state index in [0.717, 1.165) is 32.5 Å². The predicted molar refractivity (Wildman–Crippen MR) is 73.4 cm³/mol. The average molecular weight is 267 g/mol. The summed E-state index contributed by atoms with van der Waals surface area (Å²) in [5.41, 5.74) is -0.203. The molecule has 0 radical (unpaired) electrons. The van der Waals surface area contributed by atoms with Gasteiger partial charge in [-0.2, -0.15) is 0 Å². The van der Waals surface area contributed by atoms with E-state index in [4.69, 9.17) is 0 Å². The molecule has 2 heterocycles. The fourth-order valence-corrected chi connectivity index (χ4v) is 3.17. The van der Waals surface area contributed by atoms with Crippen molar-refractivity contribution in [3.8, 4) is 0 Å². The molecule has 108 valence electrons. The van der Waals surface area contributed by atoms with Gasteiger partial charge in [0.15, 0.2) is 0 Å². The van der Waals surface area contributed by atoms with Gasteiger partial charge in [0.1, 0.15) is 0 Å². The van der Waals surface area contributed by atoms with Gasteiger partial charge in [0.2, 0.25) is 11.8 Å². The number of carbonyl (C=O) groups excluding carboxylic acids is 2. The highest BCUT2D eigenvalue weighted by Crippen LogP contribution is 2.30. The van der Waals surface area contributed by atoms with Gasteiger partial charge in [0, 0.05) is 38.9 Å². The van der Waals surface area contributed by atoms with Crippen LogP contribution in [-0.4, -0.2) is 53.5 Å². The normalized spacial score (nSPS) is 23.2. The summed E-state index contributed by atoms with van der Waals surface area (Å²) >= 11 is 0. The van der Waals surface area contributed by atoms with Crippen LogP contribution in [0.3, 0.4) is 0 Å². The van der Waals surface area contributed by atoms with Crippen molar-refractivity contribution in [3.63, 3.8) is 0 Å². The monoisotopic (exact) mass is 267 g/mol. The molecular formula is C14H25N3O2. The average Bonchev–Trinajstić information content (AvgIpc) is 2.64. The molecule has 5 nitrogen and oxygen atoms in total.